The first-order chi connectivity index (χ1) is 7.13. The standard InChI is InChI=1S/C11H24O3S.Li/c1-11(2)9-7-5-3-4-6-8-10-14-15(12)13;/h11H,3-10H2,1-2H3,(H,12,13);/q;+1/p-1. The molecule has 0 aromatic rings. The second kappa shape index (κ2) is 13.7. The van der Waals surface area contributed by atoms with Crippen LogP contribution in [0.2, 0.25) is 0 Å². The molecular formula is C11H23LiO3S. The fourth-order valence-corrected chi connectivity index (χ4v) is 1.74. The van der Waals surface area contributed by atoms with E-state index in [4.69, 9.17) is 0 Å². The van der Waals surface area contributed by atoms with Crippen molar-refractivity contribution in [2.75, 3.05) is 6.61 Å². The number of rotatable bonds is 10. The van der Waals surface area contributed by atoms with Gasteiger partial charge in [0, 0.05) is 0 Å². The molecule has 92 valence electrons. The Labute approximate surface area is 114 Å². The fourth-order valence-electron chi connectivity index (χ4n) is 1.49. The van der Waals surface area contributed by atoms with Crippen LogP contribution in [0.15, 0.2) is 0 Å². The molecule has 0 saturated heterocycles. The van der Waals surface area contributed by atoms with Crippen LogP contribution in [-0.4, -0.2) is 15.4 Å². The topological polar surface area (TPSA) is 49.4 Å². The first kappa shape index (κ1) is 19.0. The third kappa shape index (κ3) is 17.1. The van der Waals surface area contributed by atoms with Crippen LogP contribution in [0.1, 0.15) is 58.8 Å². The summed E-state index contributed by atoms with van der Waals surface area (Å²) < 4.78 is 24.4. The van der Waals surface area contributed by atoms with Crippen molar-refractivity contribution in [1.29, 1.82) is 0 Å². The molecule has 0 amide bonds. The van der Waals surface area contributed by atoms with Crippen LogP contribution in [0.4, 0.5) is 0 Å². The van der Waals surface area contributed by atoms with Crippen LogP contribution in [0.25, 0.3) is 0 Å². The first-order valence-electron chi connectivity index (χ1n) is 5.85. The van der Waals surface area contributed by atoms with Gasteiger partial charge >= 0.3 is 18.9 Å². The van der Waals surface area contributed by atoms with Gasteiger partial charge in [0.05, 0.1) is 18.0 Å². The Morgan fingerprint density at radius 2 is 1.56 bits per heavy atom. The van der Waals surface area contributed by atoms with Crippen LogP contribution < -0.4 is 18.9 Å². The van der Waals surface area contributed by atoms with Gasteiger partial charge in [-0.2, -0.15) is 0 Å². The Hall–Kier alpha value is 0.667. The summed E-state index contributed by atoms with van der Waals surface area (Å²) in [5.41, 5.74) is 0. The molecule has 0 spiro atoms. The Morgan fingerprint density at radius 3 is 2.06 bits per heavy atom. The molecule has 0 N–H and O–H groups in total. The average molecular weight is 242 g/mol. The summed E-state index contributed by atoms with van der Waals surface area (Å²) in [6.45, 7) is 4.84. The fraction of sp³-hybridized carbons (Fsp3) is 1.00. The minimum absolute atomic E-state index is 0. The van der Waals surface area contributed by atoms with Gasteiger partial charge in [-0.05, 0) is 12.3 Å². The minimum atomic E-state index is -2.33. The molecule has 16 heavy (non-hydrogen) atoms. The van der Waals surface area contributed by atoms with Crippen molar-refractivity contribution in [3.8, 4) is 0 Å². The molecule has 0 aliphatic carbocycles. The molecule has 0 aromatic heterocycles. The van der Waals surface area contributed by atoms with Crippen molar-refractivity contribution in [2.45, 2.75) is 58.8 Å². The molecule has 0 heterocycles. The van der Waals surface area contributed by atoms with Crippen LogP contribution in [0.3, 0.4) is 0 Å². The maximum atomic E-state index is 10.0. The SMILES string of the molecule is CC(C)CCCCCCCCOS(=O)[O-].[Li+]. The summed E-state index contributed by atoms with van der Waals surface area (Å²) in [5.74, 6) is 0.811. The second-order valence-corrected chi connectivity index (χ2v) is 4.97. The van der Waals surface area contributed by atoms with E-state index in [0.717, 1.165) is 18.8 Å². The van der Waals surface area contributed by atoms with E-state index in [1.54, 1.807) is 0 Å². The van der Waals surface area contributed by atoms with Crippen LogP contribution in [0.5, 0.6) is 0 Å². The van der Waals surface area contributed by atoms with E-state index in [9.17, 15) is 8.76 Å². The molecule has 0 fully saturated rings. The van der Waals surface area contributed by atoms with Gasteiger partial charge in [-0.1, -0.05) is 52.4 Å². The number of hydrogen-bond acceptors (Lipinski definition) is 3. The van der Waals surface area contributed by atoms with Gasteiger partial charge < -0.3 is 8.74 Å². The van der Waals surface area contributed by atoms with E-state index in [1.165, 1.54) is 32.1 Å². The third-order valence-electron chi connectivity index (χ3n) is 2.36. The molecule has 3 nitrogen and oxygen atoms in total. The second-order valence-electron chi connectivity index (χ2n) is 4.33. The van der Waals surface area contributed by atoms with E-state index in [-0.39, 0.29) is 18.9 Å². The zero-order valence-electron chi connectivity index (χ0n) is 10.9. The molecular weight excluding hydrogens is 219 g/mol. The van der Waals surface area contributed by atoms with Crippen LogP contribution >= 0.6 is 0 Å². The predicted octanol–water partition coefficient (Wildman–Crippen LogP) is 0.188. The van der Waals surface area contributed by atoms with E-state index >= 15 is 0 Å². The largest absolute Gasteiger partial charge is 1.00 e. The van der Waals surface area contributed by atoms with Crippen molar-refractivity contribution in [3.63, 3.8) is 0 Å². The first-order valence-corrected chi connectivity index (χ1v) is 6.85. The summed E-state index contributed by atoms with van der Waals surface area (Å²) in [6, 6.07) is 0. The Kier molecular flexibility index (Phi) is 16.3. The third-order valence-corrected chi connectivity index (χ3v) is 2.71. The Morgan fingerprint density at radius 1 is 1.06 bits per heavy atom. The Balaban J connectivity index is 0. The van der Waals surface area contributed by atoms with E-state index in [0.29, 0.717) is 6.61 Å². The van der Waals surface area contributed by atoms with Gasteiger partial charge in [0.15, 0.2) is 0 Å². The molecule has 1 atom stereocenters. The van der Waals surface area contributed by atoms with E-state index < -0.39 is 11.4 Å². The molecule has 0 aromatic carbocycles. The molecule has 0 bridgehead atoms. The summed E-state index contributed by atoms with van der Waals surface area (Å²) >= 11 is -2.33. The summed E-state index contributed by atoms with van der Waals surface area (Å²) in [4.78, 5) is 0. The Bertz CT molecular complexity index is 165. The van der Waals surface area contributed by atoms with E-state index in [1.807, 2.05) is 0 Å². The predicted molar refractivity (Wildman–Crippen MR) is 62.0 cm³/mol. The van der Waals surface area contributed by atoms with Gasteiger partial charge in [-0.25, -0.2) is 4.21 Å². The van der Waals surface area contributed by atoms with Gasteiger partial charge in [0.1, 0.15) is 0 Å². The van der Waals surface area contributed by atoms with Crippen molar-refractivity contribution in [1.82, 2.24) is 0 Å². The van der Waals surface area contributed by atoms with Gasteiger partial charge in [-0.3, -0.25) is 0 Å². The van der Waals surface area contributed by atoms with Crippen molar-refractivity contribution in [2.24, 2.45) is 5.92 Å². The number of unbranched alkanes of at least 4 members (excludes halogenated alkanes) is 5. The molecule has 1 unspecified atom stereocenters. The van der Waals surface area contributed by atoms with Crippen LogP contribution in [-0.2, 0) is 15.5 Å². The molecule has 5 heteroatoms. The zero-order chi connectivity index (χ0) is 11.5. The summed E-state index contributed by atoms with van der Waals surface area (Å²) in [5, 5.41) is 0. The van der Waals surface area contributed by atoms with E-state index in [2.05, 4.69) is 18.0 Å². The summed E-state index contributed by atoms with van der Waals surface area (Å²) in [6.07, 6.45) is 8.29. The molecule has 0 radical (unpaired) electrons. The minimum Gasteiger partial charge on any atom is -0.750 e. The van der Waals surface area contributed by atoms with Gasteiger partial charge in [0.2, 0.25) is 0 Å². The van der Waals surface area contributed by atoms with Crippen molar-refractivity contribution < 1.29 is 31.8 Å². The van der Waals surface area contributed by atoms with Gasteiger partial charge in [0.25, 0.3) is 0 Å². The maximum absolute atomic E-state index is 10.0. The monoisotopic (exact) mass is 242 g/mol. The maximum Gasteiger partial charge on any atom is 1.00 e. The van der Waals surface area contributed by atoms with Crippen molar-refractivity contribution >= 4 is 11.4 Å². The normalized spacial score (nSPS) is 12.5. The van der Waals surface area contributed by atoms with Crippen LogP contribution in [0, 0.1) is 5.92 Å². The van der Waals surface area contributed by atoms with Crippen molar-refractivity contribution in [3.05, 3.63) is 0 Å². The smallest absolute Gasteiger partial charge is 0.750 e. The number of hydrogen-bond donors (Lipinski definition) is 0. The molecule has 0 aliphatic heterocycles. The summed E-state index contributed by atoms with van der Waals surface area (Å²) in [7, 11) is 0. The average Bonchev–Trinajstić information content (AvgIpc) is 2.14. The quantitative estimate of drug-likeness (QED) is 0.312. The van der Waals surface area contributed by atoms with Gasteiger partial charge in [-0.15, -0.1) is 0 Å². The zero-order valence-corrected chi connectivity index (χ0v) is 11.7. The molecule has 0 saturated carbocycles. The molecule has 0 aliphatic rings. The molecule has 0 rings (SSSR count).